The molecule has 0 aromatic carbocycles. The lowest BCUT2D eigenvalue weighted by Crippen LogP contribution is -1.82. The molecule has 1 heterocycles. The van der Waals surface area contributed by atoms with Crippen molar-refractivity contribution in [2.45, 2.75) is 56.1 Å². The summed E-state index contributed by atoms with van der Waals surface area (Å²) in [6.07, 6.45) is 9.89. The van der Waals surface area contributed by atoms with E-state index in [1.165, 1.54) is 54.9 Å². The Morgan fingerprint density at radius 2 is 1.80 bits per heavy atom. The maximum Gasteiger partial charge on any atom is 0.0598 e. The predicted molar refractivity (Wildman–Crippen MR) is 73.0 cm³/mol. The lowest BCUT2D eigenvalue weighted by molar-refractivity contribution is 0.603. The molecule has 0 aliphatic heterocycles. The molecule has 86 valence electrons. The zero-order valence-corrected chi connectivity index (χ0v) is 11.3. The normalized spacial score (nSPS) is 10.7. The first-order chi connectivity index (χ1) is 7.43. The average molecular weight is 242 g/mol. The van der Waals surface area contributed by atoms with E-state index in [4.69, 9.17) is 0 Å². The van der Waals surface area contributed by atoms with Crippen LogP contribution in [-0.4, -0.2) is 5.75 Å². The third-order valence-electron chi connectivity index (χ3n) is 2.49. The molecule has 0 aliphatic carbocycles. The van der Waals surface area contributed by atoms with E-state index in [1.807, 2.05) is 23.1 Å². The van der Waals surface area contributed by atoms with Crippen LogP contribution in [0.25, 0.3) is 0 Å². The van der Waals surface area contributed by atoms with Crippen LogP contribution in [0.5, 0.6) is 0 Å². The molecule has 1 aromatic rings. The molecule has 0 nitrogen and oxygen atoms in total. The van der Waals surface area contributed by atoms with Crippen molar-refractivity contribution in [3.63, 3.8) is 0 Å². The van der Waals surface area contributed by atoms with Crippen molar-refractivity contribution >= 4 is 23.1 Å². The maximum absolute atomic E-state index is 2.28. The van der Waals surface area contributed by atoms with E-state index in [2.05, 4.69) is 24.4 Å². The van der Waals surface area contributed by atoms with E-state index in [0.29, 0.717) is 0 Å². The number of hydrogen-bond donors (Lipinski definition) is 0. The zero-order valence-electron chi connectivity index (χ0n) is 9.71. The van der Waals surface area contributed by atoms with Gasteiger partial charge in [-0.05, 0) is 23.6 Å². The van der Waals surface area contributed by atoms with E-state index in [0.717, 1.165) is 0 Å². The van der Waals surface area contributed by atoms with Gasteiger partial charge in [0.05, 0.1) is 4.21 Å². The third kappa shape index (κ3) is 7.02. The number of unbranched alkanes of at least 4 members (excludes halogenated alkanes) is 6. The van der Waals surface area contributed by atoms with Gasteiger partial charge in [-0.2, -0.15) is 0 Å². The van der Waals surface area contributed by atoms with Gasteiger partial charge in [0.1, 0.15) is 0 Å². The summed E-state index contributed by atoms with van der Waals surface area (Å²) < 4.78 is 1.47. The summed E-state index contributed by atoms with van der Waals surface area (Å²) in [7, 11) is 0. The highest BCUT2D eigenvalue weighted by Crippen LogP contribution is 2.24. The highest BCUT2D eigenvalue weighted by molar-refractivity contribution is 8.01. The van der Waals surface area contributed by atoms with Crippen molar-refractivity contribution in [1.29, 1.82) is 0 Å². The molecule has 0 radical (unpaired) electrons. The SMILES string of the molecule is CCCCCCCCCSc1cccs1. The van der Waals surface area contributed by atoms with Gasteiger partial charge in [-0.3, -0.25) is 0 Å². The Morgan fingerprint density at radius 3 is 2.47 bits per heavy atom. The molecule has 0 bridgehead atoms. The second-order valence-corrected chi connectivity index (χ2v) is 6.24. The molecule has 0 N–H and O–H groups in total. The smallest absolute Gasteiger partial charge is 0.0598 e. The van der Waals surface area contributed by atoms with E-state index >= 15 is 0 Å². The van der Waals surface area contributed by atoms with Crippen molar-refractivity contribution in [3.8, 4) is 0 Å². The Hall–Kier alpha value is 0.0500. The van der Waals surface area contributed by atoms with Crippen LogP contribution < -0.4 is 0 Å². The Kier molecular flexibility index (Phi) is 8.12. The fraction of sp³-hybridized carbons (Fsp3) is 0.692. The fourth-order valence-electron chi connectivity index (χ4n) is 1.58. The van der Waals surface area contributed by atoms with Gasteiger partial charge in [-0.25, -0.2) is 0 Å². The Bertz CT molecular complexity index is 216. The Morgan fingerprint density at radius 1 is 1.07 bits per heavy atom. The molecule has 1 aromatic heterocycles. The van der Waals surface area contributed by atoms with Gasteiger partial charge in [0, 0.05) is 0 Å². The van der Waals surface area contributed by atoms with Crippen molar-refractivity contribution in [2.24, 2.45) is 0 Å². The minimum Gasteiger partial charge on any atom is -0.137 e. The summed E-state index contributed by atoms with van der Waals surface area (Å²) in [4.78, 5) is 0. The van der Waals surface area contributed by atoms with Gasteiger partial charge in [-0.15, -0.1) is 23.1 Å². The highest BCUT2D eigenvalue weighted by Gasteiger charge is 1.94. The second kappa shape index (κ2) is 9.29. The molecule has 0 unspecified atom stereocenters. The fourth-order valence-corrected chi connectivity index (χ4v) is 3.44. The first-order valence-electron chi connectivity index (χ1n) is 6.10. The number of thiophene rings is 1. The number of thioether (sulfide) groups is 1. The molecule has 0 spiro atoms. The van der Waals surface area contributed by atoms with Crippen molar-refractivity contribution in [2.75, 3.05) is 5.75 Å². The van der Waals surface area contributed by atoms with E-state index in [9.17, 15) is 0 Å². The van der Waals surface area contributed by atoms with Crippen LogP contribution in [0.4, 0.5) is 0 Å². The summed E-state index contributed by atoms with van der Waals surface area (Å²) in [5, 5.41) is 2.16. The van der Waals surface area contributed by atoms with Crippen LogP contribution in [0, 0.1) is 0 Å². The monoisotopic (exact) mass is 242 g/mol. The third-order valence-corrected chi connectivity index (χ3v) is 4.70. The minimum absolute atomic E-state index is 1.30. The number of hydrogen-bond acceptors (Lipinski definition) is 2. The molecule has 2 heteroatoms. The molecular formula is C13H22S2. The van der Waals surface area contributed by atoms with E-state index in [-0.39, 0.29) is 0 Å². The molecule has 0 saturated carbocycles. The molecule has 0 aliphatic rings. The van der Waals surface area contributed by atoms with Crippen LogP contribution in [0.15, 0.2) is 21.7 Å². The molecule has 0 amide bonds. The van der Waals surface area contributed by atoms with Crippen LogP contribution in [0.2, 0.25) is 0 Å². The summed E-state index contributed by atoms with van der Waals surface area (Å²) in [5.74, 6) is 1.30. The van der Waals surface area contributed by atoms with E-state index in [1.54, 1.807) is 0 Å². The molecule has 0 atom stereocenters. The average Bonchev–Trinajstić information content (AvgIpc) is 2.75. The maximum atomic E-state index is 2.28. The van der Waals surface area contributed by atoms with Crippen molar-refractivity contribution in [1.82, 2.24) is 0 Å². The van der Waals surface area contributed by atoms with Gasteiger partial charge in [0.2, 0.25) is 0 Å². The van der Waals surface area contributed by atoms with Gasteiger partial charge < -0.3 is 0 Å². The summed E-state index contributed by atoms with van der Waals surface area (Å²) in [5.41, 5.74) is 0. The van der Waals surface area contributed by atoms with Crippen molar-refractivity contribution in [3.05, 3.63) is 17.5 Å². The van der Waals surface area contributed by atoms with Gasteiger partial charge in [0.25, 0.3) is 0 Å². The van der Waals surface area contributed by atoms with Gasteiger partial charge in [-0.1, -0.05) is 51.5 Å². The number of rotatable bonds is 9. The highest BCUT2D eigenvalue weighted by atomic mass is 32.2. The standard InChI is InChI=1S/C13H22S2/c1-2-3-4-5-6-7-8-11-14-13-10-9-12-15-13/h9-10,12H,2-8,11H2,1H3. The topological polar surface area (TPSA) is 0 Å². The Balaban J connectivity index is 1.81. The van der Waals surface area contributed by atoms with E-state index < -0.39 is 0 Å². The van der Waals surface area contributed by atoms with Crippen LogP contribution in [0.1, 0.15) is 51.9 Å². The lowest BCUT2D eigenvalue weighted by atomic mass is 10.1. The van der Waals surface area contributed by atoms with Crippen LogP contribution in [0.3, 0.4) is 0 Å². The minimum atomic E-state index is 1.30. The quantitative estimate of drug-likeness (QED) is 0.402. The first-order valence-corrected chi connectivity index (χ1v) is 7.96. The zero-order chi connectivity index (χ0) is 10.8. The summed E-state index contributed by atoms with van der Waals surface area (Å²) >= 11 is 3.87. The second-order valence-electron chi connectivity index (χ2n) is 3.90. The predicted octanol–water partition coefficient (Wildman–Crippen LogP) is 5.59. The molecule has 0 saturated heterocycles. The van der Waals surface area contributed by atoms with Crippen molar-refractivity contribution < 1.29 is 0 Å². The summed E-state index contributed by atoms with van der Waals surface area (Å²) in [6, 6.07) is 4.36. The molecule has 0 fully saturated rings. The van der Waals surface area contributed by atoms with Crippen LogP contribution in [-0.2, 0) is 0 Å². The van der Waals surface area contributed by atoms with Gasteiger partial charge in [0.15, 0.2) is 0 Å². The Labute approximate surface area is 102 Å². The largest absolute Gasteiger partial charge is 0.137 e. The van der Waals surface area contributed by atoms with Gasteiger partial charge >= 0.3 is 0 Å². The lowest BCUT2D eigenvalue weighted by Gasteiger charge is -2.00. The van der Waals surface area contributed by atoms with Crippen LogP contribution >= 0.6 is 23.1 Å². The molecule has 1 rings (SSSR count). The molecule has 15 heavy (non-hydrogen) atoms. The molecular weight excluding hydrogens is 220 g/mol. The summed E-state index contributed by atoms with van der Waals surface area (Å²) in [6.45, 7) is 2.28. The first kappa shape index (κ1) is 13.1.